The van der Waals surface area contributed by atoms with Crippen molar-refractivity contribution < 1.29 is 19.3 Å². The zero-order valence-electron chi connectivity index (χ0n) is 14.0. The summed E-state index contributed by atoms with van der Waals surface area (Å²) in [5, 5.41) is 0.749. The van der Waals surface area contributed by atoms with Gasteiger partial charge in [0.15, 0.2) is 6.10 Å². The predicted octanol–water partition coefficient (Wildman–Crippen LogP) is 4.84. The lowest BCUT2D eigenvalue weighted by Crippen LogP contribution is -2.23. The van der Waals surface area contributed by atoms with Gasteiger partial charge in [-0.15, -0.1) is 0 Å². The van der Waals surface area contributed by atoms with E-state index in [9.17, 15) is 4.79 Å². The molecule has 1 heterocycles. The highest BCUT2D eigenvalue weighted by atomic mass is 33.1. The van der Waals surface area contributed by atoms with Gasteiger partial charge in [0, 0.05) is 23.0 Å². The van der Waals surface area contributed by atoms with Crippen LogP contribution < -0.4 is 0 Å². The van der Waals surface area contributed by atoms with E-state index in [1.54, 1.807) is 13.8 Å². The van der Waals surface area contributed by atoms with Crippen LogP contribution in [-0.4, -0.2) is 29.7 Å². The molecule has 1 rings (SSSR count). The molecule has 6 heteroatoms. The molecule has 0 radical (unpaired) electrons. The quantitative estimate of drug-likeness (QED) is 0.100. The Morgan fingerprint density at radius 3 is 2.61 bits per heavy atom. The third kappa shape index (κ3) is 8.53. The smallest absolute Gasteiger partial charge is 0.333 e. The molecular weight excluding hydrogens is 332 g/mol. The van der Waals surface area contributed by atoms with Crippen LogP contribution in [0.3, 0.4) is 0 Å². The molecule has 0 aromatic rings. The molecule has 1 fully saturated rings. The SMILES string of the molecule is C=C(CCCC1CCSS1)OOC(COC(=O)C(=C)C)C(=C)C. The standard InChI is InChI=1S/C17H26O4S2/c1-12(2)16(11-19-17(18)13(3)4)21-20-14(5)7-6-8-15-9-10-22-23-15/h15-16H,1,3,5-11H2,2,4H3. The molecule has 2 atom stereocenters. The average molecular weight is 359 g/mol. The third-order valence-electron chi connectivity index (χ3n) is 3.26. The van der Waals surface area contributed by atoms with E-state index in [0.717, 1.165) is 18.1 Å². The first kappa shape index (κ1) is 20.2. The van der Waals surface area contributed by atoms with Crippen molar-refractivity contribution in [3.8, 4) is 0 Å². The van der Waals surface area contributed by atoms with E-state index in [1.807, 2.05) is 21.6 Å². The van der Waals surface area contributed by atoms with Crippen LogP contribution in [0.25, 0.3) is 0 Å². The van der Waals surface area contributed by atoms with Crippen LogP contribution in [0.2, 0.25) is 0 Å². The first-order chi connectivity index (χ1) is 10.9. The number of allylic oxidation sites excluding steroid dienone is 1. The van der Waals surface area contributed by atoms with Gasteiger partial charge in [-0.3, -0.25) is 0 Å². The van der Waals surface area contributed by atoms with E-state index >= 15 is 0 Å². The summed E-state index contributed by atoms with van der Waals surface area (Å²) in [5.41, 5.74) is 1.06. The minimum absolute atomic E-state index is 0.0459. The van der Waals surface area contributed by atoms with E-state index in [1.165, 1.54) is 18.6 Å². The molecule has 0 bridgehead atoms. The highest BCUT2D eigenvalue weighted by Crippen LogP contribution is 2.40. The first-order valence-corrected chi connectivity index (χ1v) is 10.1. The van der Waals surface area contributed by atoms with E-state index in [2.05, 4.69) is 19.7 Å². The maximum absolute atomic E-state index is 11.4. The van der Waals surface area contributed by atoms with Crippen molar-refractivity contribution in [1.29, 1.82) is 0 Å². The fourth-order valence-electron chi connectivity index (χ4n) is 1.79. The van der Waals surface area contributed by atoms with Crippen LogP contribution in [-0.2, 0) is 19.3 Å². The lowest BCUT2D eigenvalue weighted by atomic mass is 10.1. The molecule has 0 amide bonds. The fourth-order valence-corrected chi connectivity index (χ4v) is 4.81. The summed E-state index contributed by atoms with van der Waals surface area (Å²) >= 11 is 0. The summed E-state index contributed by atoms with van der Waals surface area (Å²) in [6.45, 7) is 14.6. The highest BCUT2D eigenvalue weighted by molar-refractivity contribution is 8.77. The lowest BCUT2D eigenvalue weighted by molar-refractivity contribution is -0.293. The normalized spacial score (nSPS) is 18.3. The van der Waals surface area contributed by atoms with Crippen molar-refractivity contribution in [2.45, 2.75) is 50.9 Å². The number of hydrogen-bond acceptors (Lipinski definition) is 6. The second kappa shape index (κ2) is 10.8. The molecule has 0 N–H and O–H groups in total. The van der Waals surface area contributed by atoms with Crippen LogP contribution >= 0.6 is 21.6 Å². The molecular formula is C17H26O4S2. The van der Waals surface area contributed by atoms with Crippen LogP contribution in [0, 0.1) is 0 Å². The summed E-state index contributed by atoms with van der Waals surface area (Å²) in [6, 6.07) is 0. The van der Waals surface area contributed by atoms with Gasteiger partial charge in [0.1, 0.15) is 12.4 Å². The van der Waals surface area contributed by atoms with Gasteiger partial charge < -0.3 is 9.62 Å². The van der Waals surface area contributed by atoms with E-state index in [-0.39, 0.29) is 6.61 Å². The van der Waals surface area contributed by atoms with Crippen molar-refractivity contribution in [2.24, 2.45) is 0 Å². The van der Waals surface area contributed by atoms with Gasteiger partial charge in [0.05, 0.1) is 0 Å². The summed E-state index contributed by atoms with van der Waals surface area (Å²) in [5.74, 6) is 1.38. The van der Waals surface area contributed by atoms with Crippen molar-refractivity contribution in [3.05, 3.63) is 36.6 Å². The largest absolute Gasteiger partial charge is 0.459 e. The number of esters is 1. The van der Waals surface area contributed by atoms with Gasteiger partial charge in [-0.25, -0.2) is 4.79 Å². The van der Waals surface area contributed by atoms with Gasteiger partial charge in [-0.05, 0) is 38.7 Å². The molecule has 0 aromatic heterocycles. The average Bonchev–Trinajstić information content (AvgIpc) is 2.99. The number of ether oxygens (including phenoxy) is 1. The molecule has 130 valence electrons. The molecule has 0 aliphatic carbocycles. The Hall–Kier alpha value is -0.850. The van der Waals surface area contributed by atoms with Gasteiger partial charge in [-0.1, -0.05) is 41.3 Å². The number of hydrogen-bond donors (Lipinski definition) is 0. The third-order valence-corrected chi connectivity index (χ3v) is 6.26. The second-order valence-corrected chi connectivity index (χ2v) is 8.44. The summed E-state index contributed by atoms with van der Waals surface area (Å²) < 4.78 is 5.07. The Balaban J connectivity index is 2.22. The Bertz CT molecular complexity index is 442. The predicted molar refractivity (Wildman–Crippen MR) is 98.0 cm³/mol. The first-order valence-electron chi connectivity index (χ1n) is 7.67. The van der Waals surface area contributed by atoms with Crippen LogP contribution in [0.1, 0.15) is 39.5 Å². The number of carbonyl (C=O) groups is 1. The molecule has 0 aromatic carbocycles. The molecule has 23 heavy (non-hydrogen) atoms. The van der Waals surface area contributed by atoms with Gasteiger partial charge >= 0.3 is 5.97 Å². The Kier molecular flexibility index (Phi) is 9.52. The maximum Gasteiger partial charge on any atom is 0.333 e. The molecule has 0 saturated carbocycles. The van der Waals surface area contributed by atoms with Crippen molar-refractivity contribution in [2.75, 3.05) is 12.4 Å². The number of rotatable bonds is 11. The lowest BCUT2D eigenvalue weighted by Gasteiger charge is -2.18. The van der Waals surface area contributed by atoms with Gasteiger partial charge in [-0.2, -0.15) is 4.89 Å². The van der Waals surface area contributed by atoms with E-state index < -0.39 is 12.1 Å². The van der Waals surface area contributed by atoms with Crippen molar-refractivity contribution in [1.82, 2.24) is 0 Å². The summed E-state index contributed by atoms with van der Waals surface area (Å²) in [4.78, 5) is 22.0. The summed E-state index contributed by atoms with van der Waals surface area (Å²) in [6.07, 6.45) is 3.72. The van der Waals surface area contributed by atoms with Gasteiger partial charge in [0.25, 0.3) is 0 Å². The molecule has 4 nitrogen and oxygen atoms in total. The molecule has 1 aliphatic heterocycles. The van der Waals surface area contributed by atoms with Crippen molar-refractivity contribution in [3.63, 3.8) is 0 Å². The summed E-state index contributed by atoms with van der Waals surface area (Å²) in [7, 11) is 3.92. The minimum atomic E-state index is -0.517. The molecule has 2 unspecified atom stereocenters. The van der Waals surface area contributed by atoms with E-state index in [4.69, 9.17) is 14.5 Å². The monoisotopic (exact) mass is 358 g/mol. The molecule has 1 aliphatic rings. The second-order valence-electron chi connectivity index (χ2n) is 5.65. The highest BCUT2D eigenvalue weighted by Gasteiger charge is 2.18. The topological polar surface area (TPSA) is 44.8 Å². The minimum Gasteiger partial charge on any atom is -0.459 e. The zero-order valence-corrected chi connectivity index (χ0v) is 15.6. The van der Waals surface area contributed by atoms with Crippen LogP contribution in [0.4, 0.5) is 0 Å². The molecule has 0 spiro atoms. The van der Waals surface area contributed by atoms with E-state index in [0.29, 0.717) is 16.9 Å². The Morgan fingerprint density at radius 1 is 1.30 bits per heavy atom. The van der Waals surface area contributed by atoms with Crippen LogP contribution in [0.15, 0.2) is 36.6 Å². The van der Waals surface area contributed by atoms with Gasteiger partial charge in [0.2, 0.25) is 0 Å². The maximum atomic E-state index is 11.4. The number of carbonyl (C=O) groups excluding carboxylic acids is 1. The van der Waals surface area contributed by atoms with Crippen molar-refractivity contribution >= 4 is 27.6 Å². The zero-order chi connectivity index (χ0) is 17.2. The fraction of sp³-hybridized carbons (Fsp3) is 0.588. The van der Waals surface area contributed by atoms with Crippen LogP contribution in [0.5, 0.6) is 0 Å². The Morgan fingerprint density at radius 2 is 2.04 bits per heavy atom. The molecule has 1 saturated heterocycles. The Labute approximate surface area is 147 Å².